The lowest BCUT2D eigenvalue weighted by Gasteiger charge is -2.08. The number of aromatic nitrogens is 1. The summed E-state index contributed by atoms with van der Waals surface area (Å²) in [6.45, 7) is 2.13. The van der Waals surface area contributed by atoms with Gasteiger partial charge < -0.3 is 4.74 Å². The molecule has 2 aromatic carbocycles. The minimum absolute atomic E-state index is 0.861. The van der Waals surface area contributed by atoms with Gasteiger partial charge in [0, 0.05) is 17.1 Å². The maximum absolute atomic E-state index is 5.19. The molecule has 0 unspecified atom stereocenters. The molecular weight excluding hydrogens is 234 g/mol. The Labute approximate surface area is 112 Å². The van der Waals surface area contributed by atoms with Crippen LogP contribution in [0.15, 0.2) is 54.7 Å². The molecule has 3 aromatic rings. The molecule has 1 heterocycles. The minimum Gasteiger partial charge on any atom is -0.497 e. The molecule has 0 spiro atoms. The average molecular weight is 249 g/mol. The van der Waals surface area contributed by atoms with E-state index in [0.29, 0.717) is 0 Å². The average Bonchev–Trinajstić information content (AvgIpc) is 2.47. The predicted molar refractivity (Wildman–Crippen MR) is 78.5 cm³/mol. The van der Waals surface area contributed by atoms with E-state index in [4.69, 9.17) is 4.74 Å². The van der Waals surface area contributed by atoms with E-state index in [0.717, 1.165) is 17.0 Å². The lowest BCUT2D eigenvalue weighted by Crippen LogP contribution is -1.88. The van der Waals surface area contributed by atoms with Crippen LogP contribution in [0.2, 0.25) is 0 Å². The Morgan fingerprint density at radius 3 is 2.42 bits per heavy atom. The molecule has 0 saturated carbocycles. The highest BCUT2D eigenvalue weighted by atomic mass is 16.5. The fourth-order valence-electron chi connectivity index (χ4n) is 2.34. The molecule has 0 aliphatic carbocycles. The van der Waals surface area contributed by atoms with Crippen molar-refractivity contribution in [3.05, 3.63) is 60.3 Å². The molecule has 0 fully saturated rings. The third kappa shape index (κ3) is 2.06. The van der Waals surface area contributed by atoms with E-state index in [2.05, 4.69) is 36.2 Å². The van der Waals surface area contributed by atoms with E-state index in [1.54, 1.807) is 7.11 Å². The van der Waals surface area contributed by atoms with Crippen LogP contribution in [0.4, 0.5) is 0 Å². The zero-order valence-electron chi connectivity index (χ0n) is 11.1. The molecule has 0 atom stereocenters. The number of fused-ring (bicyclic) bond motifs is 1. The SMILES string of the molecule is COc1ccc(-c2nccc3c(C)cccc23)cc1. The first-order valence-corrected chi connectivity index (χ1v) is 6.28. The first-order chi connectivity index (χ1) is 9.29. The summed E-state index contributed by atoms with van der Waals surface area (Å²) in [5.74, 6) is 0.861. The zero-order valence-corrected chi connectivity index (χ0v) is 11.1. The van der Waals surface area contributed by atoms with Crippen LogP contribution >= 0.6 is 0 Å². The van der Waals surface area contributed by atoms with E-state index in [-0.39, 0.29) is 0 Å². The summed E-state index contributed by atoms with van der Waals surface area (Å²) >= 11 is 0. The number of pyridine rings is 1. The maximum atomic E-state index is 5.19. The third-order valence-corrected chi connectivity index (χ3v) is 3.39. The molecule has 19 heavy (non-hydrogen) atoms. The summed E-state index contributed by atoms with van der Waals surface area (Å²) in [5, 5.41) is 2.44. The highest BCUT2D eigenvalue weighted by Crippen LogP contribution is 2.29. The molecule has 0 radical (unpaired) electrons. The van der Waals surface area contributed by atoms with Gasteiger partial charge in [-0.2, -0.15) is 0 Å². The summed E-state index contributed by atoms with van der Waals surface area (Å²) in [4.78, 5) is 4.53. The quantitative estimate of drug-likeness (QED) is 0.678. The Bertz CT molecular complexity index is 717. The number of hydrogen-bond acceptors (Lipinski definition) is 2. The molecular formula is C17H15NO. The van der Waals surface area contributed by atoms with Crippen LogP contribution in [-0.2, 0) is 0 Å². The Balaban J connectivity index is 2.21. The van der Waals surface area contributed by atoms with E-state index < -0.39 is 0 Å². The van der Waals surface area contributed by atoms with Crippen molar-refractivity contribution in [2.75, 3.05) is 7.11 Å². The fourth-order valence-corrected chi connectivity index (χ4v) is 2.34. The highest BCUT2D eigenvalue weighted by molar-refractivity contribution is 5.96. The third-order valence-electron chi connectivity index (χ3n) is 3.39. The minimum atomic E-state index is 0.861. The van der Waals surface area contributed by atoms with Crippen molar-refractivity contribution in [1.82, 2.24) is 4.98 Å². The second kappa shape index (κ2) is 4.73. The van der Waals surface area contributed by atoms with Gasteiger partial charge in [-0.25, -0.2) is 0 Å². The van der Waals surface area contributed by atoms with Gasteiger partial charge in [0.2, 0.25) is 0 Å². The number of rotatable bonds is 2. The van der Waals surface area contributed by atoms with Gasteiger partial charge >= 0.3 is 0 Å². The van der Waals surface area contributed by atoms with Gasteiger partial charge in [-0.1, -0.05) is 18.2 Å². The summed E-state index contributed by atoms with van der Waals surface area (Å²) in [5.41, 5.74) is 3.40. The number of nitrogens with zero attached hydrogens (tertiary/aromatic N) is 1. The van der Waals surface area contributed by atoms with Crippen molar-refractivity contribution in [2.24, 2.45) is 0 Å². The second-order valence-electron chi connectivity index (χ2n) is 4.56. The van der Waals surface area contributed by atoms with Crippen LogP contribution in [0.25, 0.3) is 22.0 Å². The summed E-state index contributed by atoms with van der Waals surface area (Å²) in [6, 6.07) is 16.4. The van der Waals surface area contributed by atoms with Crippen molar-refractivity contribution < 1.29 is 4.74 Å². The van der Waals surface area contributed by atoms with Gasteiger partial charge in [0.25, 0.3) is 0 Å². The first kappa shape index (κ1) is 11.7. The van der Waals surface area contributed by atoms with Gasteiger partial charge in [-0.15, -0.1) is 0 Å². The van der Waals surface area contributed by atoms with Crippen LogP contribution < -0.4 is 4.74 Å². The molecule has 2 nitrogen and oxygen atoms in total. The second-order valence-corrected chi connectivity index (χ2v) is 4.56. The molecule has 0 aliphatic rings. The molecule has 0 saturated heterocycles. The van der Waals surface area contributed by atoms with E-state index in [1.165, 1.54) is 16.3 Å². The highest BCUT2D eigenvalue weighted by Gasteiger charge is 2.06. The normalized spacial score (nSPS) is 10.6. The summed E-state index contributed by atoms with van der Waals surface area (Å²) < 4.78 is 5.19. The first-order valence-electron chi connectivity index (χ1n) is 6.28. The smallest absolute Gasteiger partial charge is 0.118 e. The van der Waals surface area contributed by atoms with Crippen LogP contribution in [0.5, 0.6) is 5.75 Å². The van der Waals surface area contributed by atoms with E-state index in [9.17, 15) is 0 Å². The molecule has 2 heteroatoms. The zero-order chi connectivity index (χ0) is 13.2. The topological polar surface area (TPSA) is 22.1 Å². The van der Waals surface area contributed by atoms with Crippen LogP contribution in [0.3, 0.4) is 0 Å². The van der Waals surface area contributed by atoms with Crippen molar-refractivity contribution >= 4 is 10.8 Å². The molecule has 0 amide bonds. The fraction of sp³-hybridized carbons (Fsp3) is 0.118. The molecule has 3 rings (SSSR count). The Kier molecular flexibility index (Phi) is 2.92. The van der Waals surface area contributed by atoms with Crippen LogP contribution in [0.1, 0.15) is 5.56 Å². The van der Waals surface area contributed by atoms with Crippen LogP contribution in [0, 0.1) is 6.92 Å². The molecule has 94 valence electrons. The van der Waals surface area contributed by atoms with E-state index >= 15 is 0 Å². The van der Waals surface area contributed by atoms with Gasteiger partial charge in [0.15, 0.2) is 0 Å². The van der Waals surface area contributed by atoms with Crippen molar-refractivity contribution in [3.63, 3.8) is 0 Å². The van der Waals surface area contributed by atoms with Gasteiger partial charge in [0.05, 0.1) is 12.8 Å². The predicted octanol–water partition coefficient (Wildman–Crippen LogP) is 4.22. The van der Waals surface area contributed by atoms with Crippen molar-refractivity contribution in [3.8, 4) is 17.0 Å². The number of methoxy groups -OCH3 is 1. The molecule has 1 aromatic heterocycles. The lowest BCUT2D eigenvalue weighted by molar-refractivity contribution is 0.415. The Morgan fingerprint density at radius 2 is 1.68 bits per heavy atom. The van der Waals surface area contributed by atoms with Crippen molar-refractivity contribution in [1.29, 1.82) is 0 Å². The van der Waals surface area contributed by atoms with Gasteiger partial charge in [-0.05, 0) is 48.2 Å². The monoisotopic (exact) mass is 249 g/mol. The number of ether oxygens (including phenoxy) is 1. The number of benzene rings is 2. The number of aryl methyl sites for hydroxylation is 1. The molecule has 0 N–H and O–H groups in total. The Morgan fingerprint density at radius 1 is 0.895 bits per heavy atom. The summed E-state index contributed by atoms with van der Waals surface area (Å²) in [6.07, 6.45) is 1.87. The largest absolute Gasteiger partial charge is 0.497 e. The standard InChI is InChI=1S/C17H15NO/c1-12-4-3-5-16-15(12)10-11-18-17(16)13-6-8-14(19-2)9-7-13/h3-11H,1-2H3. The number of hydrogen-bond donors (Lipinski definition) is 0. The Hall–Kier alpha value is -2.35. The summed E-state index contributed by atoms with van der Waals surface area (Å²) in [7, 11) is 1.68. The van der Waals surface area contributed by atoms with Crippen LogP contribution in [-0.4, -0.2) is 12.1 Å². The van der Waals surface area contributed by atoms with Gasteiger partial charge in [-0.3, -0.25) is 4.98 Å². The molecule has 0 aliphatic heterocycles. The van der Waals surface area contributed by atoms with Crippen molar-refractivity contribution in [2.45, 2.75) is 6.92 Å². The van der Waals surface area contributed by atoms with E-state index in [1.807, 2.05) is 30.5 Å². The molecule has 0 bridgehead atoms. The maximum Gasteiger partial charge on any atom is 0.118 e. The lowest BCUT2D eigenvalue weighted by atomic mass is 10.0. The van der Waals surface area contributed by atoms with Gasteiger partial charge in [0.1, 0.15) is 5.75 Å².